The largest absolute Gasteiger partial charge is 0.354 e. The zero-order valence-electron chi connectivity index (χ0n) is 16.7. The Labute approximate surface area is 187 Å². The molecule has 0 unspecified atom stereocenters. The second-order valence-electron chi connectivity index (χ2n) is 6.57. The third-order valence-corrected chi connectivity index (χ3v) is 5.98. The number of hydrogen-bond acceptors (Lipinski definition) is 3. The summed E-state index contributed by atoms with van der Waals surface area (Å²) in [7, 11) is 0. The highest BCUT2D eigenvalue weighted by molar-refractivity contribution is 8.00. The molecule has 29 heavy (non-hydrogen) atoms. The first-order chi connectivity index (χ1) is 14.0. The van der Waals surface area contributed by atoms with Gasteiger partial charge in [-0.3, -0.25) is 9.59 Å². The Bertz CT molecular complexity index is 818. The highest BCUT2D eigenvalue weighted by Gasteiger charge is 2.28. The molecule has 0 aromatic heterocycles. The van der Waals surface area contributed by atoms with Crippen LogP contribution in [0.15, 0.2) is 53.4 Å². The molecular weight excluding hydrogens is 427 g/mol. The van der Waals surface area contributed by atoms with Gasteiger partial charge in [0.15, 0.2) is 0 Å². The average molecular weight is 453 g/mol. The lowest BCUT2D eigenvalue weighted by atomic mass is 10.1. The molecule has 1 atom stereocenters. The highest BCUT2D eigenvalue weighted by atomic mass is 35.5. The third-order valence-electron chi connectivity index (χ3n) is 4.40. The number of benzene rings is 2. The Balaban J connectivity index is 2.22. The summed E-state index contributed by atoms with van der Waals surface area (Å²) in [5, 5.41) is 3.92. The molecule has 0 bridgehead atoms. The van der Waals surface area contributed by atoms with Gasteiger partial charge < -0.3 is 10.2 Å². The highest BCUT2D eigenvalue weighted by Crippen LogP contribution is 2.25. The number of halogens is 2. The Morgan fingerprint density at radius 2 is 1.83 bits per heavy atom. The topological polar surface area (TPSA) is 49.4 Å². The maximum absolute atomic E-state index is 13.1. The van der Waals surface area contributed by atoms with Crippen molar-refractivity contribution in [3.63, 3.8) is 0 Å². The first kappa shape index (κ1) is 23.6. The van der Waals surface area contributed by atoms with Gasteiger partial charge in [-0.2, -0.15) is 0 Å². The van der Waals surface area contributed by atoms with Gasteiger partial charge in [0.1, 0.15) is 6.04 Å². The summed E-state index contributed by atoms with van der Waals surface area (Å²) < 4.78 is 0. The summed E-state index contributed by atoms with van der Waals surface area (Å²) in [5.41, 5.74) is 0.760. The maximum atomic E-state index is 13.1. The van der Waals surface area contributed by atoms with Crippen LogP contribution >= 0.6 is 35.0 Å². The molecule has 0 aliphatic carbocycles. The van der Waals surface area contributed by atoms with Gasteiger partial charge in [0.25, 0.3) is 0 Å². The minimum Gasteiger partial charge on any atom is -0.354 e. The number of rotatable bonds is 10. The summed E-state index contributed by atoms with van der Waals surface area (Å²) in [6.07, 6.45) is 1.35. The molecule has 0 spiro atoms. The molecule has 0 aliphatic heterocycles. The van der Waals surface area contributed by atoms with E-state index in [-0.39, 0.29) is 24.1 Å². The lowest BCUT2D eigenvalue weighted by Gasteiger charge is -2.31. The minimum absolute atomic E-state index is 0.108. The Kier molecular flexibility index (Phi) is 9.85. The lowest BCUT2D eigenvalue weighted by molar-refractivity contribution is -0.139. The maximum Gasteiger partial charge on any atom is 0.242 e. The summed E-state index contributed by atoms with van der Waals surface area (Å²) in [4.78, 5) is 28.5. The molecule has 2 aromatic carbocycles. The van der Waals surface area contributed by atoms with E-state index >= 15 is 0 Å². The van der Waals surface area contributed by atoms with E-state index < -0.39 is 6.04 Å². The molecule has 156 valence electrons. The van der Waals surface area contributed by atoms with Crippen molar-refractivity contribution < 1.29 is 9.59 Å². The summed E-state index contributed by atoms with van der Waals surface area (Å²) in [6.45, 7) is 4.73. The third kappa shape index (κ3) is 7.25. The van der Waals surface area contributed by atoms with Crippen molar-refractivity contribution in [2.45, 2.75) is 44.2 Å². The van der Waals surface area contributed by atoms with Crippen LogP contribution in [0.4, 0.5) is 0 Å². The molecule has 1 N–H and O–H groups in total. The molecule has 2 rings (SSSR count). The number of carbonyl (C=O) groups is 2. The van der Waals surface area contributed by atoms with E-state index in [9.17, 15) is 9.59 Å². The van der Waals surface area contributed by atoms with Crippen LogP contribution in [0.1, 0.15) is 32.3 Å². The van der Waals surface area contributed by atoms with Gasteiger partial charge in [-0.1, -0.05) is 61.3 Å². The van der Waals surface area contributed by atoms with Gasteiger partial charge >= 0.3 is 0 Å². The number of carbonyl (C=O) groups excluding carboxylic acids is 2. The van der Waals surface area contributed by atoms with Gasteiger partial charge in [0.2, 0.25) is 11.8 Å². The van der Waals surface area contributed by atoms with Gasteiger partial charge in [-0.25, -0.2) is 0 Å². The molecule has 0 fully saturated rings. The van der Waals surface area contributed by atoms with Crippen molar-refractivity contribution in [2.24, 2.45) is 0 Å². The van der Waals surface area contributed by atoms with E-state index in [1.54, 1.807) is 23.1 Å². The predicted molar refractivity (Wildman–Crippen MR) is 122 cm³/mol. The molecule has 0 radical (unpaired) electrons. The van der Waals surface area contributed by atoms with Crippen molar-refractivity contribution >= 4 is 46.8 Å². The Morgan fingerprint density at radius 3 is 2.45 bits per heavy atom. The van der Waals surface area contributed by atoms with Crippen molar-refractivity contribution in [2.75, 3.05) is 12.3 Å². The fourth-order valence-electron chi connectivity index (χ4n) is 2.86. The lowest BCUT2D eigenvalue weighted by Crippen LogP contribution is -2.49. The van der Waals surface area contributed by atoms with E-state index in [0.717, 1.165) is 16.9 Å². The van der Waals surface area contributed by atoms with Gasteiger partial charge in [-0.05, 0) is 42.7 Å². The first-order valence-corrected chi connectivity index (χ1v) is 11.4. The molecule has 2 aromatic rings. The van der Waals surface area contributed by atoms with E-state index in [2.05, 4.69) is 5.32 Å². The van der Waals surface area contributed by atoms with Crippen LogP contribution in [-0.4, -0.2) is 35.1 Å². The SMILES string of the molecule is CCCNC(=O)[C@@H](CC)N(Cc1ccc(Cl)cc1Cl)C(=O)CSc1ccccc1. The van der Waals surface area contributed by atoms with Crippen LogP contribution in [0.5, 0.6) is 0 Å². The van der Waals surface area contributed by atoms with Crippen molar-refractivity contribution in [1.82, 2.24) is 10.2 Å². The molecule has 2 amide bonds. The standard InChI is InChI=1S/C22H26Cl2N2O2S/c1-3-12-25-22(28)20(4-2)26(14-16-10-11-17(23)13-19(16)24)21(27)15-29-18-8-6-5-7-9-18/h5-11,13,20H,3-4,12,14-15H2,1-2H3,(H,25,28)/t20-/m1/s1. The Morgan fingerprint density at radius 1 is 1.10 bits per heavy atom. The van der Waals surface area contributed by atoms with Crippen molar-refractivity contribution in [3.05, 3.63) is 64.1 Å². The van der Waals surface area contributed by atoms with Crippen LogP contribution in [0.25, 0.3) is 0 Å². The van der Waals surface area contributed by atoms with E-state index in [0.29, 0.717) is 23.0 Å². The second-order valence-corrected chi connectivity index (χ2v) is 8.47. The van der Waals surface area contributed by atoms with Crippen molar-refractivity contribution in [1.29, 1.82) is 0 Å². The van der Waals surface area contributed by atoms with Crippen LogP contribution in [0.3, 0.4) is 0 Å². The number of amides is 2. The molecule has 4 nitrogen and oxygen atoms in total. The fourth-order valence-corrected chi connectivity index (χ4v) is 4.14. The normalized spacial score (nSPS) is 11.7. The van der Waals surface area contributed by atoms with E-state index in [1.807, 2.05) is 44.2 Å². The first-order valence-electron chi connectivity index (χ1n) is 9.65. The summed E-state index contributed by atoms with van der Waals surface area (Å²) in [6, 6.07) is 14.4. The van der Waals surface area contributed by atoms with Crippen LogP contribution in [0, 0.1) is 0 Å². The van der Waals surface area contributed by atoms with Crippen LogP contribution < -0.4 is 5.32 Å². The van der Waals surface area contributed by atoms with Gasteiger partial charge in [0, 0.05) is 28.0 Å². The molecule has 7 heteroatoms. The van der Waals surface area contributed by atoms with Gasteiger partial charge in [0.05, 0.1) is 5.75 Å². The zero-order chi connectivity index (χ0) is 21.2. The molecule has 0 heterocycles. The van der Waals surface area contributed by atoms with E-state index in [1.165, 1.54) is 11.8 Å². The monoisotopic (exact) mass is 452 g/mol. The fraction of sp³-hybridized carbons (Fsp3) is 0.364. The molecule has 0 saturated carbocycles. The Hall–Kier alpha value is -1.69. The van der Waals surface area contributed by atoms with E-state index in [4.69, 9.17) is 23.2 Å². The number of thioether (sulfide) groups is 1. The van der Waals surface area contributed by atoms with Crippen LogP contribution in [0.2, 0.25) is 10.0 Å². The van der Waals surface area contributed by atoms with Crippen molar-refractivity contribution in [3.8, 4) is 0 Å². The second kappa shape index (κ2) is 12.1. The average Bonchev–Trinajstić information content (AvgIpc) is 2.72. The van der Waals surface area contributed by atoms with Crippen LogP contribution in [-0.2, 0) is 16.1 Å². The predicted octanol–water partition coefficient (Wildman–Crippen LogP) is 5.42. The number of hydrogen-bond donors (Lipinski definition) is 1. The van der Waals surface area contributed by atoms with Gasteiger partial charge in [-0.15, -0.1) is 11.8 Å². The molecular formula is C22H26Cl2N2O2S. The minimum atomic E-state index is -0.558. The zero-order valence-corrected chi connectivity index (χ0v) is 19.0. The number of nitrogens with one attached hydrogen (secondary N) is 1. The molecule has 0 saturated heterocycles. The smallest absolute Gasteiger partial charge is 0.242 e. The number of nitrogens with zero attached hydrogens (tertiary/aromatic N) is 1. The quantitative estimate of drug-likeness (QED) is 0.489. The summed E-state index contributed by atoms with van der Waals surface area (Å²) >= 11 is 13.8. The molecule has 0 aliphatic rings. The summed E-state index contributed by atoms with van der Waals surface area (Å²) in [5.74, 6) is -0.00636.